The quantitative estimate of drug-likeness (QED) is 0.224. The lowest BCUT2D eigenvalue weighted by Gasteiger charge is -2.29. The second kappa shape index (κ2) is 9.28. The first-order valence-electron chi connectivity index (χ1n) is 9.24. The number of thioether (sulfide) groups is 1. The maximum atomic E-state index is 13.8. The SMILES string of the molecule is CCOC(=O)[C@@](Sc1ccccc1)(C(=O)c1ccccc1)S(=O)(=O)c1ccccc1. The summed E-state index contributed by atoms with van der Waals surface area (Å²) in [5.74, 6) is -1.96. The van der Waals surface area contributed by atoms with Gasteiger partial charge in [0, 0.05) is 10.5 Å². The standard InChI is InChI=1S/C23H20O5S2/c1-2-28-22(25)23(29-19-14-8-4-9-15-19,21(24)18-12-6-3-7-13-18)30(26,27)20-16-10-5-11-17-20/h3-17H,2H2,1H3/t23-/m1/s1. The van der Waals surface area contributed by atoms with Gasteiger partial charge in [0.25, 0.3) is 4.08 Å². The van der Waals surface area contributed by atoms with E-state index in [-0.39, 0.29) is 17.1 Å². The number of benzene rings is 3. The molecule has 0 fully saturated rings. The zero-order valence-electron chi connectivity index (χ0n) is 16.2. The highest BCUT2D eigenvalue weighted by molar-refractivity contribution is 8.17. The molecule has 7 heteroatoms. The van der Waals surface area contributed by atoms with Crippen molar-refractivity contribution in [2.45, 2.75) is 20.8 Å². The van der Waals surface area contributed by atoms with E-state index in [1.165, 1.54) is 24.3 Å². The van der Waals surface area contributed by atoms with E-state index in [0.717, 1.165) is 0 Å². The topological polar surface area (TPSA) is 77.5 Å². The zero-order chi connectivity index (χ0) is 21.6. The number of carbonyl (C=O) groups is 2. The highest BCUT2D eigenvalue weighted by Gasteiger charge is 2.60. The normalized spacial score (nSPS) is 13.2. The van der Waals surface area contributed by atoms with Crippen LogP contribution in [0.4, 0.5) is 0 Å². The highest BCUT2D eigenvalue weighted by atomic mass is 32.3. The number of hydrogen-bond donors (Lipinski definition) is 0. The number of ether oxygens (including phenoxy) is 1. The number of ketones is 1. The van der Waals surface area contributed by atoms with Crippen LogP contribution in [0, 0.1) is 0 Å². The van der Waals surface area contributed by atoms with Gasteiger partial charge in [-0.1, -0.05) is 78.5 Å². The van der Waals surface area contributed by atoms with Gasteiger partial charge in [0.15, 0.2) is 0 Å². The van der Waals surface area contributed by atoms with Crippen molar-refractivity contribution in [1.29, 1.82) is 0 Å². The highest BCUT2D eigenvalue weighted by Crippen LogP contribution is 2.44. The van der Waals surface area contributed by atoms with Crippen LogP contribution in [-0.2, 0) is 19.4 Å². The maximum Gasteiger partial charge on any atom is 0.346 e. The first-order chi connectivity index (χ1) is 14.4. The van der Waals surface area contributed by atoms with Crippen LogP contribution >= 0.6 is 11.8 Å². The van der Waals surface area contributed by atoms with Gasteiger partial charge < -0.3 is 4.74 Å². The predicted molar refractivity (Wildman–Crippen MR) is 116 cm³/mol. The first kappa shape index (κ1) is 21.8. The maximum absolute atomic E-state index is 13.8. The monoisotopic (exact) mass is 440 g/mol. The lowest BCUT2D eigenvalue weighted by molar-refractivity contribution is -0.142. The fourth-order valence-corrected chi connectivity index (χ4v) is 6.37. The number of carbonyl (C=O) groups excluding carboxylic acids is 2. The molecule has 1 atom stereocenters. The van der Waals surface area contributed by atoms with E-state index in [4.69, 9.17) is 4.74 Å². The molecule has 0 amide bonds. The Bertz CT molecular complexity index is 1110. The lowest BCUT2D eigenvalue weighted by atomic mass is 10.1. The minimum absolute atomic E-state index is 0.0672. The fraction of sp³-hybridized carbons (Fsp3) is 0.130. The average Bonchev–Trinajstić information content (AvgIpc) is 2.79. The Kier molecular flexibility index (Phi) is 6.74. The van der Waals surface area contributed by atoms with Crippen molar-refractivity contribution in [1.82, 2.24) is 0 Å². The van der Waals surface area contributed by atoms with E-state index in [9.17, 15) is 18.0 Å². The average molecular weight is 441 g/mol. The molecule has 0 bridgehead atoms. The number of Topliss-reactive ketones (excluding diaryl/α,β-unsaturated/α-hetero) is 1. The number of esters is 1. The molecule has 0 N–H and O–H groups in total. The number of rotatable bonds is 8. The Morgan fingerprint density at radius 3 is 1.87 bits per heavy atom. The molecule has 0 saturated heterocycles. The van der Waals surface area contributed by atoms with Gasteiger partial charge in [0.05, 0.1) is 11.5 Å². The van der Waals surface area contributed by atoms with E-state index in [1.54, 1.807) is 73.7 Å². The summed E-state index contributed by atoms with van der Waals surface area (Å²) >= 11 is 0.677. The molecule has 3 aromatic rings. The van der Waals surface area contributed by atoms with Gasteiger partial charge in [0.1, 0.15) is 0 Å². The first-order valence-corrected chi connectivity index (χ1v) is 11.5. The van der Waals surface area contributed by atoms with Gasteiger partial charge in [0.2, 0.25) is 15.6 Å². The van der Waals surface area contributed by atoms with Gasteiger partial charge in [-0.25, -0.2) is 13.2 Å². The van der Waals surface area contributed by atoms with Crippen LogP contribution in [0.2, 0.25) is 0 Å². The van der Waals surface area contributed by atoms with Crippen LogP contribution in [0.25, 0.3) is 0 Å². The van der Waals surface area contributed by atoms with Crippen molar-refractivity contribution < 1.29 is 22.7 Å². The molecule has 0 aliphatic heterocycles. The van der Waals surface area contributed by atoms with E-state index in [0.29, 0.717) is 16.7 Å². The second-order valence-corrected chi connectivity index (χ2v) is 9.90. The molecular formula is C23H20O5S2. The molecule has 0 spiro atoms. The molecule has 0 unspecified atom stereocenters. The predicted octanol–water partition coefficient (Wildman–Crippen LogP) is 4.39. The van der Waals surface area contributed by atoms with Gasteiger partial charge >= 0.3 is 5.97 Å². The van der Waals surface area contributed by atoms with Gasteiger partial charge in [-0.3, -0.25) is 4.79 Å². The Morgan fingerprint density at radius 1 is 0.833 bits per heavy atom. The third-order valence-corrected chi connectivity index (χ3v) is 8.37. The van der Waals surface area contributed by atoms with Crippen molar-refractivity contribution in [3.63, 3.8) is 0 Å². The number of hydrogen-bond acceptors (Lipinski definition) is 6. The molecule has 0 saturated carbocycles. The molecule has 0 heterocycles. The molecule has 154 valence electrons. The van der Waals surface area contributed by atoms with Crippen LogP contribution < -0.4 is 0 Å². The molecule has 0 aliphatic carbocycles. The summed E-state index contributed by atoms with van der Waals surface area (Å²) in [6.45, 7) is 1.50. The van der Waals surface area contributed by atoms with Gasteiger partial charge in [-0.15, -0.1) is 0 Å². The van der Waals surface area contributed by atoms with E-state index in [2.05, 4.69) is 0 Å². The Hall–Kier alpha value is -2.90. The molecule has 0 aliphatic rings. The van der Waals surface area contributed by atoms with Crippen molar-refractivity contribution in [3.8, 4) is 0 Å². The van der Waals surface area contributed by atoms with Crippen LogP contribution in [0.3, 0.4) is 0 Å². The number of sulfone groups is 1. The van der Waals surface area contributed by atoms with Crippen LogP contribution in [0.15, 0.2) is 101 Å². The van der Waals surface area contributed by atoms with Crippen molar-refractivity contribution in [3.05, 3.63) is 96.6 Å². The second-order valence-electron chi connectivity index (χ2n) is 6.26. The summed E-state index contributed by atoms with van der Waals surface area (Å²) in [6.07, 6.45) is 0. The summed E-state index contributed by atoms with van der Waals surface area (Å²) in [5, 5.41) is 0. The minimum Gasteiger partial charge on any atom is -0.464 e. The van der Waals surface area contributed by atoms with E-state index in [1.807, 2.05) is 0 Å². The van der Waals surface area contributed by atoms with Gasteiger partial charge in [-0.05, 0) is 31.2 Å². The molecule has 0 radical (unpaired) electrons. The van der Waals surface area contributed by atoms with Crippen LogP contribution in [0.1, 0.15) is 17.3 Å². The van der Waals surface area contributed by atoms with Crippen LogP contribution in [-0.4, -0.2) is 30.9 Å². The third-order valence-electron chi connectivity index (χ3n) is 4.32. The third kappa shape index (κ3) is 4.04. The largest absolute Gasteiger partial charge is 0.464 e. The molecule has 3 aromatic carbocycles. The molecule has 5 nitrogen and oxygen atoms in total. The van der Waals surface area contributed by atoms with Crippen LogP contribution in [0.5, 0.6) is 0 Å². The van der Waals surface area contributed by atoms with E-state index < -0.39 is 25.7 Å². The molecular weight excluding hydrogens is 420 g/mol. The summed E-state index contributed by atoms with van der Waals surface area (Å²) in [5.41, 5.74) is 0.105. The molecule has 3 rings (SSSR count). The van der Waals surface area contributed by atoms with Crippen molar-refractivity contribution in [2.75, 3.05) is 6.61 Å². The lowest BCUT2D eigenvalue weighted by Crippen LogP contribution is -2.51. The summed E-state index contributed by atoms with van der Waals surface area (Å²) in [7, 11) is -4.49. The Morgan fingerprint density at radius 2 is 1.33 bits per heavy atom. The van der Waals surface area contributed by atoms with E-state index >= 15 is 0 Å². The van der Waals surface area contributed by atoms with Crippen molar-refractivity contribution in [2.24, 2.45) is 0 Å². The Labute approximate surface area is 180 Å². The van der Waals surface area contributed by atoms with Crippen molar-refractivity contribution >= 4 is 33.4 Å². The smallest absolute Gasteiger partial charge is 0.346 e. The Balaban J connectivity index is 2.31. The summed E-state index contributed by atoms with van der Waals surface area (Å²) < 4.78 is 30.3. The van der Waals surface area contributed by atoms with Gasteiger partial charge in [-0.2, -0.15) is 0 Å². The fourth-order valence-electron chi connectivity index (χ4n) is 2.89. The molecule has 0 aromatic heterocycles. The summed E-state index contributed by atoms with van der Waals surface area (Å²) in [4.78, 5) is 27.3. The molecule has 30 heavy (non-hydrogen) atoms. The minimum atomic E-state index is -4.49. The zero-order valence-corrected chi connectivity index (χ0v) is 17.9. The summed E-state index contributed by atoms with van der Waals surface area (Å²) in [6, 6.07) is 23.9.